The maximum Gasteiger partial charge on any atom is 0.408 e. The molecule has 6 nitrogen and oxygen atoms in total. The molecule has 1 saturated heterocycles. The van der Waals surface area contributed by atoms with Crippen LogP contribution in [0.1, 0.15) is 24.4 Å². The molecule has 96 valence electrons. The van der Waals surface area contributed by atoms with Gasteiger partial charge in [0, 0.05) is 17.9 Å². The van der Waals surface area contributed by atoms with E-state index in [1.807, 2.05) is 0 Å². The molecule has 1 amide bonds. The van der Waals surface area contributed by atoms with E-state index in [0.717, 1.165) is 0 Å². The SMILES string of the molecule is O=C(O)N1CCCC([N+](=O)[O-])C1c1ccccc1. The van der Waals surface area contributed by atoms with Crippen LogP contribution in [0.25, 0.3) is 0 Å². The molecule has 1 aromatic rings. The van der Waals surface area contributed by atoms with Crippen molar-refractivity contribution in [2.24, 2.45) is 0 Å². The smallest absolute Gasteiger partial charge is 0.408 e. The first-order valence-corrected chi connectivity index (χ1v) is 5.79. The van der Waals surface area contributed by atoms with Gasteiger partial charge < -0.3 is 5.11 Å². The van der Waals surface area contributed by atoms with Gasteiger partial charge in [-0.05, 0) is 12.0 Å². The Hall–Kier alpha value is -2.11. The highest BCUT2D eigenvalue weighted by molar-refractivity contribution is 5.66. The highest BCUT2D eigenvalue weighted by Crippen LogP contribution is 2.32. The molecule has 1 fully saturated rings. The van der Waals surface area contributed by atoms with Crippen LogP contribution in [0.4, 0.5) is 4.79 Å². The molecule has 2 unspecified atom stereocenters. The zero-order valence-corrected chi connectivity index (χ0v) is 9.73. The molecule has 2 rings (SSSR count). The lowest BCUT2D eigenvalue weighted by Crippen LogP contribution is -2.47. The predicted molar refractivity (Wildman–Crippen MR) is 63.9 cm³/mol. The summed E-state index contributed by atoms with van der Waals surface area (Å²) >= 11 is 0. The third-order valence-electron chi connectivity index (χ3n) is 3.26. The Labute approximate surface area is 104 Å². The Morgan fingerprint density at radius 1 is 1.39 bits per heavy atom. The van der Waals surface area contributed by atoms with Crippen LogP contribution in [0, 0.1) is 10.1 Å². The van der Waals surface area contributed by atoms with E-state index in [-0.39, 0.29) is 4.92 Å². The maximum atomic E-state index is 11.2. The summed E-state index contributed by atoms with van der Waals surface area (Å²) in [7, 11) is 0. The van der Waals surface area contributed by atoms with Crippen molar-refractivity contribution in [1.82, 2.24) is 4.90 Å². The van der Waals surface area contributed by atoms with Crippen LogP contribution in [0.15, 0.2) is 30.3 Å². The number of carbonyl (C=O) groups is 1. The molecule has 0 saturated carbocycles. The minimum absolute atomic E-state index is 0.346. The lowest BCUT2D eigenvalue weighted by atomic mass is 9.91. The van der Waals surface area contributed by atoms with E-state index < -0.39 is 18.2 Å². The fourth-order valence-electron chi connectivity index (χ4n) is 2.46. The summed E-state index contributed by atoms with van der Waals surface area (Å²) in [5.41, 5.74) is 0.682. The fraction of sp³-hybridized carbons (Fsp3) is 0.417. The molecule has 1 aliphatic rings. The van der Waals surface area contributed by atoms with Crippen molar-refractivity contribution in [2.45, 2.75) is 24.9 Å². The minimum atomic E-state index is -1.10. The van der Waals surface area contributed by atoms with E-state index in [9.17, 15) is 20.0 Å². The number of benzene rings is 1. The molecule has 1 aliphatic heterocycles. The first-order chi connectivity index (χ1) is 8.61. The van der Waals surface area contributed by atoms with Crippen LogP contribution in [0.5, 0.6) is 0 Å². The van der Waals surface area contributed by atoms with Gasteiger partial charge in [0.25, 0.3) is 0 Å². The first-order valence-electron chi connectivity index (χ1n) is 5.79. The van der Waals surface area contributed by atoms with Gasteiger partial charge in [0.15, 0.2) is 0 Å². The van der Waals surface area contributed by atoms with Crippen LogP contribution in [-0.2, 0) is 0 Å². The lowest BCUT2D eigenvalue weighted by Gasteiger charge is -2.35. The molecule has 0 bridgehead atoms. The highest BCUT2D eigenvalue weighted by Gasteiger charge is 2.42. The van der Waals surface area contributed by atoms with E-state index >= 15 is 0 Å². The molecule has 1 heterocycles. The fourth-order valence-corrected chi connectivity index (χ4v) is 2.46. The third-order valence-corrected chi connectivity index (χ3v) is 3.26. The standard InChI is InChI=1S/C12H14N2O4/c15-12(16)13-8-4-7-10(14(17)18)11(13)9-5-2-1-3-6-9/h1-3,5-6,10-11H,4,7-8H2,(H,15,16). The van der Waals surface area contributed by atoms with Crippen molar-refractivity contribution in [1.29, 1.82) is 0 Å². The van der Waals surface area contributed by atoms with Crippen LogP contribution in [-0.4, -0.2) is 33.6 Å². The summed E-state index contributed by atoms with van der Waals surface area (Å²) < 4.78 is 0. The topological polar surface area (TPSA) is 83.7 Å². The number of piperidine rings is 1. The number of amides is 1. The number of hydrogen-bond acceptors (Lipinski definition) is 3. The van der Waals surface area contributed by atoms with Crippen molar-refractivity contribution in [3.8, 4) is 0 Å². The Morgan fingerprint density at radius 2 is 2.06 bits per heavy atom. The molecule has 0 radical (unpaired) electrons. The summed E-state index contributed by atoms with van der Waals surface area (Å²) in [5, 5.41) is 20.3. The zero-order chi connectivity index (χ0) is 13.1. The van der Waals surface area contributed by atoms with Gasteiger partial charge >= 0.3 is 6.09 Å². The molecule has 6 heteroatoms. The molecule has 18 heavy (non-hydrogen) atoms. The Bertz CT molecular complexity index is 427. The molecule has 0 aliphatic carbocycles. The van der Waals surface area contributed by atoms with Crippen LogP contribution < -0.4 is 0 Å². The number of likely N-dealkylation sites (tertiary alicyclic amines) is 1. The van der Waals surface area contributed by atoms with Gasteiger partial charge in [-0.1, -0.05) is 30.3 Å². The summed E-state index contributed by atoms with van der Waals surface area (Å²) in [6, 6.07) is 7.26. The normalized spacial score (nSPS) is 23.7. The molecule has 2 atom stereocenters. The van der Waals surface area contributed by atoms with Gasteiger partial charge in [0.05, 0.1) is 0 Å². The van der Waals surface area contributed by atoms with Crippen LogP contribution >= 0.6 is 0 Å². The van der Waals surface area contributed by atoms with Crippen LogP contribution in [0.2, 0.25) is 0 Å². The van der Waals surface area contributed by atoms with E-state index in [2.05, 4.69) is 0 Å². The minimum Gasteiger partial charge on any atom is -0.465 e. The third kappa shape index (κ3) is 2.27. The zero-order valence-electron chi connectivity index (χ0n) is 9.73. The van der Waals surface area contributed by atoms with Crippen molar-refractivity contribution in [3.05, 3.63) is 46.0 Å². The van der Waals surface area contributed by atoms with Crippen molar-refractivity contribution in [2.75, 3.05) is 6.54 Å². The van der Waals surface area contributed by atoms with Gasteiger partial charge in [-0.25, -0.2) is 4.79 Å². The monoisotopic (exact) mass is 250 g/mol. The predicted octanol–water partition coefficient (Wildman–Crippen LogP) is 2.15. The average molecular weight is 250 g/mol. The van der Waals surface area contributed by atoms with Gasteiger partial charge in [-0.3, -0.25) is 15.0 Å². The van der Waals surface area contributed by atoms with Gasteiger partial charge in [-0.2, -0.15) is 0 Å². The van der Waals surface area contributed by atoms with E-state index in [4.69, 9.17) is 0 Å². The second kappa shape index (κ2) is 5.03. The lowest BCUT2D eigenvalue weighted by molar-refractivity contribution is -0.534. The Balaban J connectivity index is 2.38. The molecule has 0 aromatic heterocycles. The number of nitrogens with zero attached hydrogens (tertiary/aromatic N) is 2. The Kier molecular flexibility index (Phi) is 3.45. The van der Waals surface area contributed by atoms with Crippen molar-refractivity contribution >= 4 is 6.09 Å². The highest BCUT2D eigenvalue weighted by atomic mass is 16.6. The number of hydrogen-bond donors (Lipinski definition) is 1. The van der Waals surface area contributed by atoms with E-state index in [0.29, 0.717) is 24.9 Å². The first kappa shape index (κ1) is 12.3. The number of rotatable bonds is 2. The van der Waals surface area contributed by atoms with E-state index in [1.165, 1.54) is 4.90 Å². The number of nitro groups is 1. The second-order valence-corrected chi connectivity index (χ2v) is 4.33. The quantitative estimate of drug-likeness (QED) is 0.643. The average Bonchev–Trinajstić information content (AvgIpc) is 2.38. The largest absolute Gasteiger partial charge is 0.465 e. The number of carboxylic acid groups (broad SMARTS) is 1. The molecule has 1 N–H and O–H groups in total. The summed E-state index contributed by atoms with van der Waals surface area (Å²) in [5.74, 6) is 0. The van der Waals surface area contributed by atoms with Crippen LogP contribution in [0.3, 0.4) is 0 Å². The second-order valence-electron chi connectivity index (χ2n) is 4.33. The maximum absolute atomic E-state index is 11.2. The summed E-state index contributed by atoms with van der Waals surface area (Å²) in [6.45, 7) is 0.346. The molecule has 0 spiro atoms. The van der Waals surface area contributed by atoms with Crippen molar-refractivity contribution in [3.63, 3.8) is 0 Å². The van der Waals surface area contributed by atoms with Gasteiger partial charge in [0.1, 0.15) is 6.04 Å². The molecular formula is C12H14N2O4. The summed E-state index contributed by atoms with van der Waals surface area (Å²) in [4.78, 5) is 23.1. The van der Waals surface area contributed by atoms with Crippen molar-refractivity contribution < 1.29 is 14.8 Å². The van der Waals surface area contributed by atoms with E-state index in [1.54, 1.807) is 30.3 Å². The van der Waals surface area contributed by atoms with Gasteiger partial charge in [-0.15, -0.1) is 0 Å². The summed E-state index contributed by atoms with van der Waals surface area (Å²) in [6.07, 6.45) is -0.159. The molecular weight excluding hydrogens is 236 g/mol. The molecule has 1 aromatic carbocycles. The van der Waals surface area contributed by atoms with Gasteiger partial charge in [0.2, 0.25) is 6.04 Å². The Morgan fingerprint density at radius 3 is 2.61 bits per heavy atom.